The van der Waals surface area contributed by atoms with Gasteiger partial charge in [-0.05, 0) is 29.3 Å². The number of carbonyl (C=O) groups excluding carboxylic acids is 2. The van der Waals surface area contributed by atoms with Gasteiger partial charge in [0.05, 0.1) is 19.2 Å². The Morgan fingerprint density at radius 3 is 2.66 bits per heavy atom. The second kappa shape index (κ2) is 8.14. The molecular weight excluding hydrogens is 368 g/mol. The van der Waals surface area contributed by atoms with Crippen LogP contribution in [0.3, 0.4) is 0 Å². The van der Waals surface area contributed by atoms with Crippen LogP contribution < -0.4 is 0 Å². The maximum Gasteiger partial charge on any atom is 0.411 e. The summed E-state index contributed by atoms with van der Waals surface area (Å²) in [4.78, 5) is 30.7. The normalized spacial score (nSPS) is 15.8. The van der Waals surface area contributed by atoms with Gasteiger partial charge in [-0.15, -0.1) is 0 Å². The predicted octanol–water partition coefficient (Wildman–Crippen LogP) is 3.81. The molecule has 2 aromatic carbocycles. The van der Waals surface area contributed by atoms with Crippen LogP contribution in [0.15, 0.2) is 72.9 Å². The van der Waals surface area contributed by atoms with Crippen molar-refractivity contribution in [3.05, 3.63) is 84.1 Å². The summed E-state index contributed by atoms with van der Waals surface area (Å²) in [5, 5.41) is 0.975. The topological polar surface area (TPSA) is 68.7 Å². The minimum absolute atomic E-state index is 0.0712. The number of amides is 1. The molecule has 1 unspecified atom stereocenters. The quantitative estimate of drug-likeness (QED) is 0.636. The number of nitrogens with zero attached hydrogens (tertiary/aromatic N) is 2. The molecule has 0 saturated carbocycles. The molecule has 0 N–H and O–H groups in total. The second-order valence-electron chi connectivity index (χ2n) is 6.74. The number of pyridine rings is 1. The van der Waals surface area contributed by atoms with E-state index in [1.807, 2.05) is 60.7 Å². The Balaban J connectivity index is 1.48. The van der Waals surface area contributed by atoms with E-state index < -0.39 is 18.1 Å². The third kappa shape index (κ3) is 3.96. The van der Waals surface area contributed by atoms with Crippen LogP contribution in [-0.2, 0) is 20.9 Å². The number of hydrogen-bond acceptors (Lipinski definition) is 5. The van der Waals surface area contributed by atoms with Crippen LogP contribution >= 0.6 is 0 Å². The zero-order valence-electron chi connectivity index (χ0n) is 15.9. The Hall–Kier alpha value is -3.67. The SMILES string of the molecule is COC(=O)C1C=C(c2ccccc2)CN1C(=O)OCc1cnc2ccccc2c1. The van der Waals surface area contributed by atoms with Crippen LogP contribution in [0.4, 0.5) is 4.79 Å². The van der Waals surface area contributed by atoms with Crippen molar-refractivity contribution in [3.8, 4) is 0 Å². The average molecular weight is 388 g/mol. The van der Waals surface area contributed by atoms with Crippen molar-refractivity contribution in [2.75, 3.05) is 13.7 Å². The maximum atomic E-state index is 12.7. The molecule has 0 bridgehead atoms. The third-order valence-electron chi connectivity index (χ3n) is 4.87. The van der Waals surface area contributed by atoms with Gasteiger partial charge in [0, 0.05) is 17.1 Å². The monoisotopic (exact) mass is 388 g/mol. The lowest BCUT2D eigenvalue weighted by Crippen LogP contribution is -2.41. The summed E-state index contributed by atoms with van der Waals surface area (Å²) >= 11 is 0. The molecule has 6 nitrogen and oxygen atoms in total. The van der Waals surface area contributed by atoms with E-state index in [0.29, 0.717) is 0 Å². The average Bonchev–Trinajstić information content (AvgIpc) is 3.23. The van der Waals surface area contributed by atoms with E-state index in [9.17, 15) is 9.59 Å². The molecule has 4 rings (SSSR count). The standard InChI is InChI=1S/C23H20N2O4/c1-28-22(26)21-12-19(17-7-3-2-4-8-17)14-25(21)23(27)29-15-16-11-18-9-5-6-10-20(18)24-13-16/h2-13,21H,14-15H2,1H3. The molecule has 146 valence electrons. The second-order valence-corrected chi connectivity index (χ2v) is 6.74. The first-order chi connectivity index (χ1) is 14.2. The number of rotatable bonds is 4. The summed E-state index contributed by atoms with van der Waals surface area (Å²) in [6, 6.07) is 18.5. The van der Waals surface area contributed by atoms with E-state index in [4.69, 9.17) is 9.47 Å². The number of carbonyl (C=O) groups is 2. The molecule has 0 fully saturated rings. The first-order valence-corrected chi connectivity index (χ1v) is 9.27. The molecule has 1 aliphatic heterocycles. The highest BCUT2D eigenvalue weighted by Crippen LogP contribution is 2.26. The number of esters is 1. The Labute approximate surface area is 168 Å². The van der Waals surface area contributed by atoms with Crippen molar-refractivity contribution < 1.29 is 19.1 Å². The molecule has 29 heavy (non-hydrogen) atoms. The van der Waals surface area contributed by atoms with Gasteiger partial charge in [-0.1, -0.05) is 48.5 Å². The van der Waals surface area contributed by atoms with E-state index in [2.05, 4.69) is 4.98 Å². The zero-order valence-corrected chi connectivity index (χ0v) is 15.9. The molecule has 0 saturated heterocycles. The number of benzene rings is 2. The largest absolute Gasteiger partial charge is 0.467 e. The lowest BCUT2D eigenvalue weighted by atomic mass is 10.1. The van der Waals surface area contributed by atoms with Crippen molar-refractivity contribution in [1.29, 1.82) is 0 Å². The van der Waals surface area contributed by atoms with Crippen molar-refractivity contribution in [3.63, 3.8) is 0 Å². The van der Waals surface area contributed by atoms with E-state index >= 15 is 0 Å². The number of fused-ring (bicyclic) bond motifs is 1. The molecule has 2 heterocycles. The first-order valence-electron chi connectivity index (χ1n) is 9.27. The van der Waals surface area contributed by atoms with Gasteiger partial charge in [-0.25, -0.2) is 9.59 Å². The fraction of sp³-hybridized carbons (Fsp3) is 0.174. The smallest absolute Gasteiger partial charge is 0.411 e. The lowest BCUT2D eigenvalue weighted by molar-refractivity contribution is -0.144. The lowest BCUT2D eigenvalue weighted by Gasteiger charge is -2.22. The van der Waals surface area contributed by atoms with E-state index in [-0.39, 0.29) is 13.2 Å². The fourth-order valence-electron chi connectivity index (χ4n) is 3.37. The number of ether oxygens (including phenoxy) is 2. The molecule has 1 atom stereocenters. The molecule has 0 radical (unpaired) electrons. The molecule has 6 heteroatoms. The number of methoxy groups -OCH3 is 1. The summed E-state index contributed by atoms with van der Waals surface area (Å²) < 4.78 is 10.3. The summed E-state index contributed by atoms with van der Waals surface area (Å²) in [7, 11) is 1.31. The van der Waals surface area contributed by atoms with Crippen LogP contribution in [0.5, 0.6) is 0 Å². The Kier molecular flexibility index (Phi) is 5.24. The maximum absolute atomic E-state index is 12.7. The van der Waals surface area contributed by atoms with Crippen molar-refractivity contribution >= 4 is 28.5 Å². The van der Waals surface area contributed by atoms with Gasteiger partial charge < -0.3 is 9.47 Å². The Bertz CT molecular complexity index is 1080. The van der Waals surface area contributed by atoms with Gasteiger partial charge >= 0.3 is 12.1 Å². The Morgan fingerprint density at radius 2 is 1.86 bits per heavy atom. The molecule has 1 aromatic heterocycles. The van der Waals surface area contributed by atoms with Gasteiger partial charge in [0.25, 0.3) is 0 Å². The zero-order chi connectivity index (χ0) is 20.2. The van der Waals surface area contributed by atoms with E-state index in [0.717, 1.165) is 27.6 Å². The molecule has 0 spiro atoms. The van der Waals surface area contributed by atoms with Gasteiger partial charge in [-0.3, -0.25) is 9.88 Å². The van der Waals surface area contributed by atoms with Crippen LogP contribution in [-0.4, -0.2) is 41.6 Å². The van der Waals surface area contributed by atoms with Gasteiger partial charge in [0.1, 0.15) is 6.61 Å². The number of para-hydroxylation sites is 1. The van der Waals surface area contributed by atoms with Crippen LogP contribution in [0, 0.1) is 0 Å². The predicted molar refractivity (Wildman–Crippen MR) is 109 cm³/mol. The van der Waals surface area contributed by atoms with Crippen LogP contribution in [0.25, 0.3) is 16.5 Å². The van der Waals surface area contributed by atoms with Crippen LogP contribution in [0.2, 0.25) is 0 Å². The molecule has 0 aliphatic carbocycles. The highest BCUT2D eigenvalue weighted by molar-refractivity contribution is 5.90. The summed E-state index contributed by atoms with van der Waals surface area (Å²) in [5.41, 5.74) is 3.49. The van der Waals surface area contributed by atoms with E-state index in [1.165, 1.54) is 12.0 Å². The minimum atomic E-state index is -0.808. The number of hydrogen-bond donors (Lipinski definition) is 0. The van der Waals surface area contributed by atoms with Crippen molar-refractivity contribution in [2.24, 2.45) is 0 Å². The van der Waals surface area contributed by atoms with E-state index in [1.54, 1.807) is 12.3 Å². The highest BCUT2D eigenvalue weighted by Gasteiger charge is 2.36. The summed E-state index contributed by atoms with van der Waals surface area (Å²) in [6.07, 6.45) is 2.86. The van der Waals surface area contributed by atoms with Crippen molar-refractivity contribution in [1.82, 2.24) is 9.88 Å². The third-order valence-corrected chi connectivity index (χ3v) is 4.87. The summed E-state index contributed by atoms with van der Waals surface area (Å²) in [6.45, 7) is 0.348. The first kappa shape index (κ1) is 18.7. The van der Waals surface area contributed by atoms with Crippen molar-refractivity contribution in [2.45, 2.75) is 12.6 Å². The van der Waals surface area contributed by atoms with Gasteiger partial charge in [0.15, 0.2) is 6.04 Å². The van der Waals surface area contributed by atoms with Gasteiger partial charge in [-0.2, -0.15) is 0 Å². The molecule has 3 aromatic rings. The molecule has 1 amide bonds. The van der Waals surface area contributed by atoms with Gasteiger partial charge in [0.2, 0.25) is 0 Å². The minimum Gasteiger partial charge on any atom is -0.467 e. The number of aromatic nitrogens is 1. The van der Waals surface area contributed by atoms with Crippen LogP contribution in [0.1, 0.15) is 11.1 Å². The molecular formula is C23H20N2O4. The fourth-order valence-corrected chi connectivity index (χ4v) is 3.37. The summed E-state index contributed by atoms with van der Waals surface area (Å²) in [5.74, 6) is -0.500. The Morgan fingerprint density at radius 1 is 1.10 bits per heavy atom. The highest BCUT2D eigenvalue weighted by atomic mass is 16.6. The molecule has 1 aliphatic rings.